The number of hydrogen-bond acceptors (Lipinski definition) is 5. The molecule has 0 aliphatic heterocycles. The standard InChI is InChI=1S/C7H13N3OS/c1-5(2)11-4-6-9-7(8-3)12-10-6/h5H,4H2,1-3H3,(H,8,9,10). The van der Waals surface area contributed by atoms with Crippen molar-refractivity contribution >= 4 is 16.7 Å². The lowest BCUT2D eigenvalue weighted by molar-refractivity contribution is 0.0619. The van der Waals surface area contributed by atoms with Crippen molar-refractivity contribution in [3.8, 4) is 0 Å². The van der Waals surface area contributed by atoms with E-state index in [2.05, 4.69) is 14.7 Å². The zero-order valence-electron chi connectivity index (χ0n) is 7.50. The zero-order valence-corrected chi connectivity index (χ0v) is 8.31. The first-order valence-corrected chi connectivity index (χ1v) is 4.61. The van der Waals surface area contributed by atoms with E-state index in [9.17, 15) is 0 Å². The molecule has 5 heteroatoms. The van der Waals surface area contributed by atoms with Crippen molar-refractivity contribution in [2.75, 3.05) is 12.4 Å². The Hall–Kier alpha value is -0.680. The van der Waals surface area contributed by atoms with Gasteiger partial charge in [0.1, 0.15) is 6.61 Å². The Morgan fingerprint density at radius 3 is 2.83 bits per heavy atom. The van der Waals surface area contributed by atoms with E-state index < -0.39 is 0 Å². The third kappa shape index (κ3) is 2.75. The monoisotopic (exact) mass is 187 g/mol. The maximum absolute atomic E-state index is 5.34. The summed E-state index contributed by atoms with van der Waals surface area (Å²) >= 11 is 1.35. The molecule has 0 spiro atoms. The SMILES string of the molecule is CNc1nc(COC(C)C)ns1. The van der Waals surface area contributed by atoms with Gasteiger partial charge in [0.15, 0.2) is 5.82 Å². The van der Waals surface area contributed by atoms with Gasteiger partial charge in [0.2, 0.25) is 5.13 Å². The van der Waals surface area contributed by atoms with Crippen molar-refractivity contribution in [1.82, 2.24) is 9.36 Å². The zero-order chi connectivity index (χ0) is 8.97. The van der Waals surface area contributed by atoms with Gasteiger partial charge in [-0.3, -0.25) is 0 Å². The first-order valence-electron chi connectivity index (χ1n) is 3.84. The minimum absolute atomic E-state index is 0.228. The van der Waals surface area contributed by atoms with Gasteiger partial charge in [-0.15, -0.1) is 0 Å². The van der Waals surface area contributed by atoms with Gasteiger partial charge in [0, 0.05) is 18.6 Å². The summed E-state index contributed by atoms with van der Waals surface area (Å²) in [5.74, 6) is 0.748. The number of aromatic nitrogens is 2. The van der Waals surface area contributed by atoms with Gasteiger partial charge in [-0.25, -0.2) is 4.98 Å². The van der Waals surface area contributed by atoms with E-state index in [1.54, 1.807) is 0 Å². The van der Waals surface area contributed by atoms with Crippen LogP contribution in [-0.4, -0.2) is 22.5 Å². The fraction of sp³-hybridized carbons (Fsp3) is 0.714. The number of anilines is 1. The highest BCUT2D eigenvalue weighted by atomic mass is 32.1. The number of nitrogens with zero attached hydrogens (tertiary/aromatic N) is 2. The van der Waals surface area contributed by atoms with Gasteiger partial charge in [0.05, 0.1) is 6.10 Å². The molecule has 68 valence electrons. The third-order valence-corrected chi connectivity index (χ3v) is 2.00. The molecule has 0 bridgehead atoms. The Kier molecular flexibility index (Phi) is 3.43. The van der Waals surface area contributed by atoms with Crippen LogP contribution in [0.25, 0.3) is 0 Å². The summed E-state index contributed by atoms with van der Waals surface area (Å²) in [5.41, 5.74) is 0. The summed E-state index contributed by atoms with van der Waals surface area (Å²) < 4.78 is 9.44. The molecule has 1 aromatic heterocycles. The number of ether oxygens (including phenoxy) is 1. The quantitative estimate of drug-likeness (QED) is 0.776. The molecule has 1 rings (SSSR count). The van der Waals surface area contributed by atoms with E-state index >= 15 is 0 Å². The second kappa shape index (κ2) is 4.37. The van der Waals surface area contributed by atoms with Gasteiger partial charge in [-0.05, 0) is 13.8 Å². The van der Waals surface area contributed by atoms with E-state index in [4.69, 9.17) is 4.74 Å². The fourth-order valence-electron chi connectivity index (χ4n) is 0.655. The first kappa shape index (κ1) is 9.41. The summed E-state index contributed by atoms with van der Waals surface area (Å²) in [7, 11) is 1.83. The van der Waals surface area contributed by atoms with E-state index in [0.717, 1.165) is 11.0 Å². The molecule has 0 atom stereocenters. The highest BCUT2D eigenvalue weighted by molar-refractivity contribution is 7.09. The predicted octanol–water partition coefficient (Wildman–Crippen LogP) is 1.50. The smallest absolute Gasteiger partial charge is 0.202 e. The maximum atomic E-state index is 5.34. The molecule has 0 fully saturated rings. The van der Waals surface area contributed by atoms with E-state index in [0.29, 0.717) is 6.61 Å². The normalized spacial score (nSPS) is 10.7. The summed E-state index contributed by atoms with van der Waals surface area (Å²) in [5, 5.41) is 3.76. The lowest BCUT2D eigenvalue weighted by Gasteiger charge is -2.02. The highest BCUT2D eigenvalue weighted by Gasteiger charge is 2.02. The third-order valence-electron chi connectivity index (χ3n) is 1.23. The Morgan fingerprint density at radius 1 is 1.58 bits per heavy atom. The van der Waals surface area contributed by atoms with Crippen LogP contribution in [0, 0.1) is 0 Å². The van der Waals surface area contributed by atoms with E-state index in [-0.39, 0.29) is 6.10 Å². The van der Waals surface area contributed by atoms with Crippen LogP contribution in [0.2, 0.25) is 0 Å². The van der Waals surface area contributed by atoms with Crippen LogP contribution in [-0.2, 0) is 11.3 Å². The van der Waals surface area contributed by atoms with Gasteiger partial charge in [-0.1, -0.05) is 0 Å². The lowest BCUT2D eigenvalue weighted by Crippen LogP contribution is -2.03. The van der Waals surface area contributed by atoms with Crippen molar-refractivity contribution in [2.45, 2.75) is 26.6 Å². The molecule has 0 radical (unpaired) electrons. The molecule has 0 saturated carbocycles. The van der Waals surface area contributed by atoms with Crippen LogP contribution < -0.4 is 5.32 Å². The lowest BCUT2D eigenvalue weighted by atomic mass is 10.5. The molecule has 4 nitrogen and oxygen atoms in total. The molecular formula is C7H13N3OS. The maximum Gasteiger partial charge on any atom is 0.202 e. The van der Waals surface area contributed by atoms with Gasteiger partial charge in [-0.2, -0.15) is 4.37 Å². The van der Waals surface area contributed by atoms with Crippen molar-refractivity contribution in [3.63, 3.8) is 0 Å². The highest BCUT2D eigenvalue weighted by Crippen LogP contribution is 2.10. The minimum atomic E-state index is 0.228. The second-order valence-electron chi connectivity index (χ2n) is 2.63. The topological polar surface area (TPSA) is 47.0 Å². The summed E-state index contributed by atoms with van der Waals surface area (Å²) in [6.45, 7) is 4.48. The molecule has 0 unspecified atom stereocenters. The fourth-order valence-corrected chi connectivity index (χ4v) is 1.18. The summed E-state index contributed by atoms with van der Waals surface area (Å²) in [6.07, 6.45) is 0.228. The van der Waals surface area contributed by atoms with Crippen LogP contribution in [0.3, 0.4) is 0 Å². The Labute approximate surface area is 76.1 Å². The number of hydrogen-bond donors (Lipinski definition) is 1. The van der Waals surface area contributed by atoms with Gasteiger partial charge in [0.25, 0.3) is 0 Å². The largest absolute Gasteiger partial charge is 0.371 e. The molecule has 1 heterocycles. The molecule has 0 aromatic carbocycles. The molecule has 12 heavy (non-hydrogen) atoms. The molecule has 1 N–H and O–H groups in total. The molecule has 0 saturated heterocycles. The number of rotatable bonds is 4. The minimum Gasteiger partial charge on any atom is -0.371 e. The summed E-state index contributed by atoms with van der Waals surface area (Å²) in [6, 6.07) is 0. The van der Waals surface area contributed by atoms with Crippen LogP contribution >= 0.6 is 11.5 Å². The predicted molar refractivity (Wildman–Crippen MR) is 49.4 cm³/mol. The Balaban J connectivity index is 2.41. The van der Waals surface area contributed by atoms with Crippen molar-refractivity contribution < 1.29 is 4.74 Å². The molecule has 0 aliphatic rings. The average Bonchev–Trinajstić information content (AvgIpc) is 2.48. The second-order valence-corrected chi connectivity index (χ2v) is 3.38. The van der Waals surface area contributed by atoms with Crippen LogP contribution in [0.1, 0.15) is 19.7 Å². The molecular weight excluding hydrogens is 174 g/mol. The summed E-state index contributed by atoms with van der Waals surface area (Å²) in [4.78, 5) is 4.17. The van der Waals surface area contributed by atoms with Crippen LogP contribution in [0.4, 0.5) is 5.13 Å². The molecule has 0 amide bonds. The van der Waals surface area contributed by atoms with Gasteiger partial charge >= 0.3 is 0 Å². The van der Waals surface area contributed by atoms with Crippen molar-refractivity contribution in [3.05, 3.63) is 5.82 Å². The Bertz CT molecular complexity index is 236. The van der Waals surface area contributed by atoms with Crippen molar-refractivity contribution in [2.24, 2.45) is 0 Å². The first-order chi connectivity index (χ1) is 5.72. The van der Waals surface area contributed by atoms with Crippen LogP contribution in [0.5, 0.6) is 0 Å². The van der Waals surface area contributed by atoms with E-state index in [1.165, 1.54) is 11.5 Å². The van der Waals surface area contributed by atoms with E-state index in [1.807, 2.05) is 20.9 Å². The Morgan fingerprint density at radius 2 is 2.33 bits per heavy atom. The van der Waals surface area contributed by atoms with Crippen LogP contribution in [0.15, 0.2) is 0 Å². The average molecular weight is 187 g/mol. The van der Waals surface area contributed by atoms with Gasteiger partial charge < -0.3 is 10.1 Å². The van der Waals surface area contributed by atoms with Crippen molar-refractivity contribution in [1.29, 1.82) is 0 Å². The molecule has 1 aromatic rings. The molecule has 0 aliphatic carbocycles. The number of nitrogens with one attached hydrogen (secondary N) is 1.